The molecular weight excluding hydrogens is 190 g/mol. The number of likely N-dealkylation sites (N-methyl/N-ethyl adjacent to an activating group) is 2. The van der Waals surface area contributed by atoms with Crippen LogP contribution in [0, 0.1) is 5.41 Å². The van der Waals surface area contributed by atoms with Gasteiger partial charge in [0.15, 0.2) is 0 Å². The van der Waals surface area contributed by atoms with Crippen LogP contribution in [0.25, 0.3) is 0 Å². The van der Waals surface area contributed by atoms with E-state index in [0.29, 0.717) is 6.54 Å². The maximum Gasteiger partial charge on any atom is 0.229 e. The molecule has 0 aliphatic rings. The number of carbonyl (C=O) groups excluding carboxylic acids is 1. The quantitative estimate of drug-likeness (QED) is 0.697. The molecule has 0 aliphatic heterocycles. The van der Waals surface area contributed by atoms with Crippen LogP contribution < -0.4 is 5.73 Å². The summed E-state index contributed by atoms with van der Waals surface area (Å²) in [5, 5.41) is 0. The number of nitrogens with two attached hydrogens (primary N) is 1. The van der Waals surface area contributed by atoms with Crippen molar-refractivity contribution >= 4 is 5.91 Å². The first kappa shape index (κ1) is 14.4. The summed E-state index contributed by atoms with van der Waals surface area (Å²) in [6.45, 7) is 5.98. The summed E-state index contributed by atoms with van der Waals surface area (Å²) in [7, 11) is 5.84. The average molecular weight is 215 g/mol. The standard InChI is InChI=1S/C11H25N3O/c1-6-11(2,9-12)10(15)14(5)8-7-13(3)4/h6-9,12H2,1-5H3. The molecule has 0 rings (SSSR count). The Bertz CT molecular complexity index is 200. The summed E-state index contributed by atoms with van der Waals surface area (Å²) in [6.07, 6.45) is 0.786. The molecule has 1 atom stereocenters. The average Bonchev–Trinajstić information content (AvgIpc) is 2.23. The molecule has 0 bridgehead atoms. The van der Waals surface area contributed by atoms with Gasteiger partial charge in [-0.25, -0.2) is 0 Å². The lowest BCUT2D eigenvalue weighted by atomic mass is 9.86. The summed E-state index contributed by atoms with van der Waals surface area (Å²) >= 11 is 0. The minimum absolute atomic E-state index is 0.148. The Kier molecular flexibility index (Phi) is 5.83. The van der Waals surface area contributed by atoms with Crippen LogP contribution in [0.4, 0.5) is 0 Å². The van der Waals surface area contributed by atoms with Crippen molar-refractivity contribution in [2.45, 2.75) is 20.3 Å². The minimum atomic E-state index is -0.402. The topological polar surface area (TPSA) is 49.6 Å². The van der Waals surface area contributed by atoms with Gasteiger partial charge in [-0.3, -0.25) is 4.79 Å². The Morgan fingerprint density at radius 3 is 2.13 bits per heavy atom. The van der Waals surface area contributed by atoms with Gasteiger partial charge in [-0.1, -0.05) is 6.92 Å². The van der Waals surface area contributed by atoms with Gasteiger partial charge in [-0.05, 0) is 27.4 Å². The van der Waals surface area contributed by atoms with Gasteiger partial charge in [-0.2, -0.15) is 0 Å². The molecule has 0 radical (unpaired) electrons. The molecule has 15 heavy (non-hydrogen) atoms. The van der Waals surface area contributed by atoms with E-state index in [2.05, 4.69) is 4.90 Å². The third kappa shape index (κ3) is 4.18. The Morgan fingerprint density at radius 2 is 1.80 bits per heavy atom. The first-order valence-electron chi connectivity index (χ1n) is 5.47. The summed E-state index contributed by atoms with van der Waals surface area (Å²) in [5.41, 5.74) is 5.25. The molecule has 4 heteroatoms. The first-order valence-corrected chi connectivity index (χ1v) is 5.47. The van der Waals surface area contributed by atoms with Gasteiger partial charge in [0.1, 0.15) is 0 Å². The summed E-state index contributed by atoms with van der Waals surface area (Å²) < 4.78 is 0. The van der Waals surface area contributed by atoms with Crippen molar-refractivity contribution in [2.24, 2.45) is 11.1 Å². The van der Waals surface area contributed by atoms with Crippen molar-refractivity contribution < 1.29 is 4.79 Å². The van der Waals surface area contributed by atoms with Crippen molar-refractivity contribution in [3.63, 3.8) is 0 Å². The van der Waals surface area contributed by atoms with E-state index >= 15 is 0 Å². The van der Waals surface area contributed by atoms with Crippen molar-refractivity contribution in [1.82, 2.24) is 9.80 Å². The zero-order chi connectivity index (χ0) is 12.1. The van der Waals surface area contributed by atoms with E-state index in [-0.39, 0.29) is 5.91 Å². The Labute approximate surface area is 93.4 Å². The van der Waals surface area contributed by atoms with Crippen LogP contribution in [-0.2, 0) is 4.79 Å². The lowest BCUT2D eigenvalue weighted by Gasteiger charge is -2.31. The summed E-state index contributed by atoms with van der Waals surface area (Å²) in [6, 6.07) is 0. The van der Waals surface area contributed by atoms with Crippen LogP contribution >= 0.6 is 0 Å². The highest BCUT2D eigenvalue weighted by molar-refractivity contribution is 5.82. The van der Waals surface area contributed by atoms with E-state index in [1.54, 1.807) is 4.90 Å². The third-order valence-electron chi connectivity index (χ3n) is 2.98. The second kappa shape index (κ2) is 6.08. The van der Waals surface area contributed by atoms with Crippen LogP contribution in [0.5, 0.6) is 0 Å². The molecule has 0 aromatic heterocycles. The van der Waals surface area contributed by atoms with E-state index in [1.807, 2.05) is 35.0 Å². The van der Waals surface area contributed by atoms with Crippen molar-refractivity contribution in [3.8, 4) is 0 Å². The molecular formula is C11H25N3O. The van der Waals surface area contributed by atoms with E-state index in [4.69, 9.17) is 5.73 Å². The monoisotopic (exact) mass is 215 g/mol. The van der Waals surface area contributed by atoms with Crippen LogP contribution in [-0.4, -0.2) is 56.5 Å². The zero-order valence-electron chi connectivity index (χ0n) is 10.7. The fraction of sp³-hybridized carbons (Fsp3) is 0.909. The fourth-order valence-corrected chi connectivity index (χ4v) is 1.30. The third-order valence-corrected chi connectivity index (χ3v) is 2.98. The highest BCUT2D eigenvalue weighted by Crippen LogP contribution is 2.21. The number of carbonyl (C=O) groups is 1. The molecule has 0 aromatic carbocycles. The van der Waals surface area contributed by atoms with Gasteiger partial charge in [0, 0.05) is 26.7 Å². The molecule has 0 spiro atoms. The molecule has 90 valence electrons. The normalized spacial score (nSPS) is 15.1. The fourth-order valence-electron chi connectivity index (χ4n) is 1.30. The highest BCUT2D eigenvalue weighted by atomic mass is 16.2. The number of amides is 1. The van der Waals surface area contributed by atoms with E-state index in [9.17, 15) is 4.79 Å². The predicted octanol–water partition coefficient (Wildman–Crippen LogP) is 0.381. The predicted molar refractivity (Wildman–Crippen MR) is 63.6 cm³/mol. The molecule has 0 saturated heterocycles. The Morgan fingerprint density at radius 1 is 1.27 bits per heavy atom. The molecule has 0 heterocycles. The van der Waals surface area contributed by atoms with Crippen LogP contribution in [0.15, 0.2) is 0 Å². The summed E-state index contributed by atoms with van der Waals surface area (Å²) in [4.78, 5) is 15.9. The van der Waals surface area contributed by atoms with E-state index < -0.39 is 5.41 Å². The summed E-state index contributed by atoms with van der Waals surface area (Å²) in [5.74, 6) is 0.148. The largest absolute Gasteiger partial charge is 0.344 e. The van der Waals surface area contributed by atoms with E-state index in [0.717, 1.165) is 19.5 Å². The second-order valence-electron chi connectivity index (χ2n) is 4.65. The number of nitrogens with zero attached hydrogens (tertiary/aromatic N) is 2. The molecule has 0 saturated carbocycles. The zero-order valence-corrected chi connectivity index (χ0v) is 10.7. The first-order chi connectivity index (χ1) is 6.87. The smallest absolute Gasteiger partial charge is 0.229 e. The van der Waals surface area contributed by atoms with Crippen LogP contribution in [0.3, 0.4) is 0 Å². The van der Waals surface area contributed by atoms with Gasteiger partial charge in [0.2, 0.25) is 5.91 Å². The maximum absolute atomic E-state index is 12.1. The van der Waals surface area contributed by atoms with Gasteiger partial charge in [0.25, 0.3) is 0 Å². The van der Waals surface area contributed by atoms with Crippen molar-refractivity contribution in [1.29, 1.82) is 0 Å². The molecule has 4 nitrogen and oxygen atoms in total. The van der Waals surface area contributed by atoms with Crippen molar-refractivity contribution in [3.05, 3.63) is 0 Å². The molecule has 1 unspecified atom stereocenters. The van der Waals surface area contributed by atoms with Gasteiger partial charge in [0.05, 0.1) is 5.41 Å². The molecule has 2 N–H and O–H groups in total. The van der Waals surface area contributed by atoms with Crippen LogP contribution in [0.2, 0.25) is 0 Å². The van der Waals surface area contributed by atoms with Gasteiger partial charge >= 0.3 is 0 Å². The number of rotatable bonds is 6. The Hall–Kier alpha value is -0.610. The maximum atomic E-state index is 12.1. The molecule has 0 fully saturated rings. The highest BCUT2D eigenvalue weighted by Gasteiger charge is 2.31. The van der Waals surface area contributed by atoms with Gasteiger partial charge < -0.3 is 15.5 Å². The molecule has 1 amide bonds. The molecule has 0 aromatic rings. The minimum Gasteiger partial charge on any atom is -0.344 e. The van der Waals surface area contributed by atoms with Crippen molar-refractivity contribution in [2.75, 3.05) is 40.8 Å². The SMILES string of the molecule is CCC(C)(CN)C(=O)N(C)CCN(C)C. The lowest BCUT2D eigenvalue weighted by molar-refractivity contribution is -0.139. The molecule has 0 aliphatic carbocycles. The second-order valence-corrected chi connectivity index (χ2v) is 4.65. The van der Waals surface area contributed by atoms with Gasteiger partial charge in [-0.15, -0.1) is 0 Å². The van der Waals surface area contributed by atoms with E-state index in [1.165, 1.54) is 0 Å². The lowest BCUT2D eigenvalue weighted by Crippen LogP contribution is -2.46. The Balaban J connectivity index is 4.30. The van der Waals surface area contributed by atoms with Crippen LogP contribution in [0.1, 0.15) is 20.3 Å². The number of hydrogen-bond acceptors (Lipinski definition) is 3. The number of hydrogen-bond donors (Lipinski definition) is 1.